The standard InChI is InChI=1S/C24H17BrN4O3/c25-18-12-10-17(11-13-18)21(30)15-28-24(32)29-20-9-5-4-8-19(20)22(31)27(23(29)26-28)14-16-6-2-1-3-7-16/h1-13H,14-15H2. The Labute approximate surface area is 190 Å². The first-order chi connectivity index (χ1) is 15.5. The molecule has 0 atom stereocenters. The van der Waals surface area contributed by atoms with Crippen molar-refractivity contribution in [2.75, 3.05) is 0 Å². The Balaban J connectivity index is 1.69. The van der Waals surface area contributed by atoms with Crippen LogP contribution in [0.15, 0.2) is 92.9 Å². The van der Waals surface area contributed by atoms with Crippen LogP contribution in [0.2, 0.25) is 0 Å². The maximum atomic E-state index is 13.3. The van der Waals surface area contributed by atoms with Gasteiger partial charge in [0, 0.05) is 10.0 Å². The maximum absolute atomic E-state index is 13.3. The molecule has 0 amide bonds. The molecule has 0 N–H and O–H groups in total. The van der Waals surface area contributed by atoms with Crippen molar-refractivity contribution >= 4 is 38.4 Å². The monoisotopic (exact) mass is 488 g/mol. The number of carbonyl (C=O) groups excluding carboxylic acids is 1. The molecule has 0 spiro atoms. The first-order valence-corrected chi connectivity index (χ1v) is 10.8. The molecule has 0 aliphatic carbocycles. The molecular weight excluding hydrogens is 472 g/mol. The highest BCUT2D eigenvalue weighted by molar-refractivity contribution is 9.10. The lowest BCUT2D eigenvalue weighted by Gasteiger charge is -2.09. The van der Waals surface area contributed by atoms with Crippen LogP contribution < -0.4 is 11.2 Å². The Kier molecular flexibility index (Phi) is 5.07. The van der Waals surface area contributed by atoms with E-state index in [-0.39, 0.29) is 30.2 Å². The molecule has 8 heteroatoms. The van der Waals surface area contributed by atoms with Crippen LogP contribution in [0.3, 0.4) is 0 Å². The van der Waals surface area contributed by atoms with E-state index < -0.39 is 5.69 Å². The first kappa shape index (κ1) is 20.1. The van der Waals surface area contributed by atoms with E-state index in [1.165, 1.54) is 8.97 Å². The summed E-state index contributed by atoms with van der Waals surface area (Å²) < 4.78 is 4.84. The highest BCUT2D eigenvalue weighted by atomic mass is 79.9. The number of halogens is 1. The average Bonchev–Trinajstić information content (AvgIpc) is 3.13. The number of hydrogen-bond acceptors (Lipinski definition) is 4. The molecule has 0 saturated carbocycles. The van der Waals surface area contributed by atoms with E-state index in [2.05, 4.69) is 21.0 Å². The Morgan fingerprint density at radius 2 is 1.56 bits per heavy atom. The fourth-order valence-corrected chi connectivity index (χ4v) is 4.01. The Hall–Kier alpha value is -3.78. The van der Waals surface area contributed by atoms with Crippen molar-refractivity contribution in [3.63, 3.8) is 0 Å². The molecule has 0 fully saturated rings. The zero-order chi connectivity index (χ0) is 22.2. The second-order valence-electron chi connectivity index (χ2n) is 7.40. The van der Waals surface area contributed by atoms with Gasteiger partial charge in [0.25, 0.3) is 5.56 Å². The van der Waals surface area contributed by atoms with E-state index in [0.29, 0.717) is 16.5 Å². The van der Waals surface area contributed by atoms with E-state index in [0.717, 1.165) is 14.7 Å². The lowest BCUT2D eigenvalue weighted by molar-refractivity contribution is 0.0966. The third kappa shape index (κ3) is 3.48. The van der Waals surface area contributed by atoms with Crippen LogP contribution in [0.1, 0.15) is 15.9 Å². The van der Waals surface area contributed by atoms with Gasteiger partial charge in [-0.05, 0) is 29.8 Å². The molecule has 3 aromatic carbocycles. The number of rotatable bonds is 5. The van der Waals surface area contributed by atoms with Crippen LogP contribution in [0.4, 0.5) is 0 Å². The smallest absolute Gasteiger partial charge is 0.292 e. The summed E-state index contributed by atoms with van der Waals surface area (Å²) >= 11 is 3.35. The summed E-state index contributed by atoms with van der Waals surface area (Å²) in [4.78, 5) is 39.3. The molecule has 5 rings (SSSR count). The second-order valence-corrected chi connectivity index (χ2v) is 8.32. The van der Waals surface area contributed by atoms with Crippen molar-refractivity contribution in [2.24, 2.45) is 0 Å². The Bertz CT molecular complexity index is 1580. The zero-order valence-electron chi connectivity index (χ0n) is 16.8. The van der Waals surface area contributed by atoms with Gasteiger partial charge in [0.1, 0.15) is 6.54 Å². The first-order valence-electron chi connectivity index (χ1n) is 9.97. The van der Waals surface area contributed by atoms with Crippen LogP contribution in [-0.4, -0.2) is 24.5 Å². The van der Waals surface area contributed by atoms with Crippen molar-refractivity contribution in [3.05, 3.63) is 115 Å². The summed E-state index contributed by atoms with van der Waals surface area (Å²) in [5.74, 6) is -0.0459. The van der Waals surface area contributed by atoms with Gasteiger partial charge in [-0.25, -0.2) is 13.9 Å². The molecule has 0 aliphatic heterocycles. The molecule has 0 aliphatic rings. The summed E-state index contributed by atoms with van der Waals surface area (Å²) in [6.07, 6.45) is 0. The fourth-order valence-electron chi connectivity index (χ4n) is 3.74. The number of para-hydroxylation sites is 1. The molecule has 0 unspecified atom stereocenters. The maximum Gasteiger partial charge on any atom is 0.352 e. The number of carbonyl (C=O) groups is 1. The SMILES string of the molecule is O=C(Cn1nc2n(Cc3ccccc3)c(=O)c3ccccc3n2c1=O)c1ccc(Br)cc1. The predicted molar refractivity (Wildman–Crippen MR) is 125 cm³/mol. The molecule has 7 nitrogen and oxygen atoms in total. The topological polar surface area (TPSA) is 78.4 Å². The van der Waals surface area contributed by atoms with Gasteiger partial charge in [-0.15, -0.1) is 5.10 Å². The molecule has 32 heavy (non-hydrogen) atoms. The number of hydrogen-bond donors (Lipinski definition) is 0. The summed E-state index contributed by atoms with van der Waals surface area (Å²) in [5, 5.41) is 4.82. The van der Waals surface area contributed by atoms with E-state index in [4.69, 9.17) is 0 Å². The van der Waals surface area contributed by atoms with Crippen molar-refractivity contribution in [3.8, 4) is 0 Å². The highest BCUT2D eigenvalue weighted by Crippen LogP contribution is 2.14. The molecular formula is C24H17BrN4O3. The number of ketones is 1. The molecule has 0 saturated heterocycles. The van der Waals surface area contributed by atoms with Crippen molar-refractivity contribution < 1.29 is 4.79 Å². The normalized spacial score (nSPS) is 11.3. The Morgan fingerprint density at radius 1 is 0.875 bits per heavy atom. The van der Waals surface area contributed by atoms with Gasteiger partial charge in [-0.2, -0.15) is 0 Å². The molecule has 0 bridgehead atoms. The predicted octanol–water partition coefficient (Wildman–Crippen LogP) is 3.50. The van der Waals surface area contributed by atoms with Gasteiger partial charge in [0.05, 0.1) is 17.4 Å². The van der Waals surface area contributed by atoms with E-state index in [1.54, 1.807) is 48.5 Å². The van der Waals surface area contributed by atoms with Crippen LogP contribution in [-0.2, 0) is 13.1 Å². The Morgan fingerprint density at radius 3 is 2.31 bits per heavy atom. The lowest BCUT2D eigenvalue weighted by Crippen LogP contribution is -2.27. The van der Waals surface area contributed by atoms with Gasteiger partial charge < -0.3 is 0 Å². The summed E-state index contributed by atoms with van der Waals surface area (Å²) in [5.41, 5.74) is 1.13. The third-order valence-corrected chi connectivity index (χ3v) is 5.86. The molecule has 2 aromatic heterocycles. The van der Waals surface area contributed by atoms with Gasteiger partial charge in [-0.3, -0.25) is 14.2 Å². The van der Waals surface area contributed by atoms with E-state index >= 15 is 0 Å². The summed E-state index contributed by atoms with van der Waals surface area (Å²) in [6.45, 7) is 0.0289. The number of nitrogens with zero attached hydrogens (tertiary/aromatic N) is 4. The van der Waals surface area contributed by atoms with Crippen molar-refractivity contribution in [2.45, 2.75) is 13.1 Å². The molecule has 0 radical (unpaired) electrons. The minimum atomic E-state index is -0.469. The molecule has 2 heterocycles. The quantitative estimate of drug-likeness (QED) is 0.354. The van der Waals surface area contributed by atoms with Gasteiger partial charge >= 0.3 is 5.69 Å². The number of fused-ring (bicyclic) bond motifs is 3. The van der Waals surface area contributed by atoms with Gasteiger partial charge in [-0.1, -0.05) is 70.5 Å². The summed E-state index contributed by atoms with van der Waals surface area (Å²) in [7, 11) is 0. The highest BCUT2D eigenvalue weighted by Gasteiger charge is 2.19. The zero-order valence-corrected chi connectivity index (χ0v) is 18.4. The average molecular weight is 489 g/mol. The van der Waals surface area contributed by atoms with Crippen LogP contribution in [0.5, 0.6) is 0 Å². The van der Waals surface area contributed by atoms with Crippen molar-refractivity contribution in [1.29, 1.82) is 0 Å². The number of aromatic nitrogens is 4. The molecule has 5 aromatic rings. The lowest BCUT2D eigenvalue weighted by atomic mass is 10.1. The van der Waals surface area contributed by atoms with Crippen LogP contribution in [0, 0.1) is 0 Å². The third-order valence-electron chi connectivity index (χ3n) is 5.33. The minimum absolute atomic E-state index is 0.200. The van der Waals surface area contributed by atoms with Crippen LogP contribution in [0.25, 0.3) is 16.7 Å². The largest absolute Gasteiger partial charge is 0.352 e. The van der Waals surface area contributed by atoms with E-state index in [1.807, 2.05) is 30.3 Å². The second kappa shape index (κ2) is 8.05. The van der Waals surface area contributed by atoms with Crippen LogP contribution >= 0.6 is 15.9 Å². The number of Topliss-reactive ketones (excluding diaryl/α,β-unsaturated/α-hetero) is 1. The molecule has 158 valence electrons. The fraction of sp³-hybridized carbons (Fsp3) is 0.0833. The van der Waals surface area contributed by atoms with Gasteiger partial charge in [0.15, 0.2) is 5.78 Å². The van der Waals surface area contributed by atoms with Gasteiger partial charge in [0.2, 0.25) is 5.78 Å². The van der Waals surface area contributed by atoms with E-state index in [9.17, 15) is 14.4 Å². The summed E-state index contributed by atoms with van der Waals surface area (Å²) in [6, 6.07) is 23.3. The minimum Gasteiger partial charge on any atom is -0.292 e. The number of benzene rings is 3. The van der Waals surface area contributed by atoms with Crippen molar-refractivity contribution in [1.82, 2.24) is 18.7 Å².